The van der Waals surface area contributed by atoms with E-state index in [0.29, 0.717) is 0 Å². The van der Waals surface area contributed by atoms with E-state index in [1.807, 2.05) is 12.1 Å². The van der Waals surface area contributed by atoms with Crippen molar-refractivity contribution in [2.75, 3.05) is 0 Å². The van der Waals surface area contributed by atoms with E-state index in [1.54, 1.807) is 12.1 Å². The number of benzene rings is 1. The summed E-state index contributed by atoms with van der Waals surface area (Å²) in [5.74, 6) is 2.47. The molecule has 0 nitrogen and oxygen atoms in total. The molecule has 136 valence electrons. The van der Waals surface area contributed by atoms with E-state index in [9.17, 15) is 4.39 Å². The maximum Gasteiger partial charge on any atom is 0.123 e. The van der Waals surface area contributed by atoms with Crippen LogP contribution in [0.3, 0.4) is 0 Å². The van der Waals surface area contributed by atoms with Crippen LogP contribution in [0.1, 0.15) is 69.8 Å². The molecule has 2 aliphatic rings. The van der Waals surface area contributed by atoms with Crippen molar-refractivity contribution in [1.29, 1.82) is 0 Å². The van der Waals surface area contributed by atoms with Crippen molar-refractivity contribution in [3.63, 3.8) is 0 Å². The number of rotatable bonds is 5. The fourth-order valence-corrected chi connectivity index (χ4v) is 7.59. The zero-order valence-electron chi connectivity index (χ0n) is 14.5. The molecule has 0 spiro atoms. The summed E-state index contributed by atoms with van der Waals surface area (Å²) in [6.07, 6.45) is 17.9. The van der Waals surface area contributed by atoms with Gasteiger partial charge in [0.05, 0.1) is 0 Å². The molecule has 3 rings (SSSR count). The summed E-state index contributed by atoms with van der Waals surface area (Å²) in [7, 11) is 0.0459. The van der Waals surface area contributed by atoms with Gasteiger partial charge in [0.1, 0.15) is 5.82 Å². The minimum Gasteiger partial charge on any atom is -0.207 e. The van der Waals surface area contributed by atoms with Crippen molar-refractivity contribution in [3.05, 3.63) is 47.5 Å². The van der Waals surface area contributed by atoms with Crippen LogP contribution in [0.5, 0.6) is 0 Å². The predicted octanol–water partition coefficient (Wildman–Crippen LogP) is 7.03. The average Bonchev–Trinajstić information content (AvgIpc) is 2.62. The summed E-state index contributed by atoms with van der Waals surface area (Å²) in [5, 5.41) is 0. The second-order valence-electron chi connectivity index (χ2n) is 7.25. The van der Waals surface area contributed by atoms with Crippen LogP contribution < -0.4 is 0 Å². The molecule has 0 N–H and O–H groups in total. The Labute approximate surface area is 162 Å². The Kier molecular flexibility index (Phi) is 9.18. The average molecular weight is 439 g/mol. The van der Waals surface area contributed by atoms with Gasteiger partial charge in [0.25, 0.3) is 0 Å². The summed E-state index contributed by atoms with van der Waals surface area (Å²) in [5.41, 5.74) is 3.18. The zero-order valence-corrected chi connectivity index (χ0v) is 17.0. The molecule has 3 heteroatoms. The molecule has 24 heavy (non-hydrogen) atoms. The number of hydrogen-bond donors (Lipinski definition) is 0. The largest absolute Gasteiger partial charge is 0.207 e. The summed E-state index contributed by atoms with van der Waals surface area (Å²) < 4.78 is 13.0. The van der Waals surface area contributed by atoms with Crippen LogP contribution in [0, 0.1) is 5.82 Å². The molecule has 0 heterocycles. The first-order valence-corrected chi connectivity index (χ1v) is 11.1. The smallest absolute Gasteiger partial charge is 0.123 e. The molecule has 0 unspecified atom stereocenters. The van der Waals surface area contributed by atoms with E-state index >= 15 is 0 Å². The molecule has 0 amide bonds. The third-order valence-corrected chi connectivity index (χ3v) is 8.81. The van der Waals surface area contributed by atoms with Gasteiger partial charge in [-0.1, -0.05) is 70.5 Å². The SMILES string of the molecule is Fc1ccc(CC=CP(C2CCCCC2)C2CCCCC2)cc1.[Pd]. The quantitative estimate of drug-likeness (QED) is 0.342. The van der Waals surface area contributed by atoms with Gasteiger partial charge in [-0.25, -0.2) is 4.39 Å². The fourth-order valence-electron chi connectivity index (χ4n) is 4.23. The Hall–Kier alpha value is -0.0177. The Bertz CT molecular complexity index is 469. The van der Waals surface area contributed by atoms with E-state index < -0.39 is 0 Å². The van der Waals surface area contributed by atoms with Gasteiger partial charge in [-0.15, -0.1) is 0 Å². The molecule has 2 saturated carbocycles. The van der Waals surface area contributed by atoms with Gasteiger partial charge in [0.2, 0.25) is 0 Å². The van der Waals surface area contributed by atoms with Crippen LogP contribution in [0.25, 0.3) is 0 Å². The van der Waals surface area contributed by atoms with Crippen LogP contribution in [-0.2, 0) is 26.8 Å². The maximum absolute atomic E-state index is 13.0. The van der Waals surface area contributed by atoms with Gasteiger partial charge in [-0.05, 0) is 61.1 Å². The summed E-state index contributed by atoms with van der Waals surface area (Å²) in [6.45, 7) is 0. The van der Waals surface area contributed by atoms with Crippen LogP contribution in [-0.4, -0.2) is 11.3 Å². The van der Waals surface area contributed by atoms with Gasteiger partial charge in [0.15, 0.2) is 0 Å². The minimum absolute atomic E-state index is 0. The number of halogens is 1. The Morgan fingerprint density at radius 2 is 1.33 bits per heavy atom. The first kappa shape index (κ1) is 20.3. The van der Waals surface area contributed by atoms with Crippen LogP contribution in [0.4, 0.5) is 4.39 Å². The van der Waals surface area contributed by atoms with Crippen LogP contribution in [0.15, 0.2) is 36.2 Å². The van der Waals surface area contributed by atoms with E-state index in [1.165, 1.54) is 69.8 Å². The monoisotopic (exact) mass is 438 g/mol. The van der Waals surface area contributed by atoms with Gasteiger partial charge in [0, 0.05) is 20.4 Å². The molecule has 2 aliphatic carbocycles. The maximum atomic E-state index is 13.0. The minimum atomic E-state index is -0.135. The van der Waals surface area contributed by atoms with Crippen molar-refractivity contribution in [2.24, 2.45) is 0 Å². The van der Waals surface area contributed by atoms with Crippen LogP contribution >= 0.6 is 7.92 Å². The first-order chi connectivity index (χ1) is 11.3. The van der Waals surface area contributed by atoms with Crippen molar-refractivity contribution >= 4 is 7.92 Å². The second-order valence-corrected chi connectivity index (χ2v) is 9.90. The van der Waals surface area contributed by atoms with Crippen LogP contribution in [0.2, 0.25) is 0 Å². The third-order valence-electron chi connectivity index (χ3n) is 5.54. The molecule has 0 aliphatic heterocycles. The first-order valence-electron chi connectivity index (χ1n) is 9.51. The van der Waals surface area contributed by atoms with E-state index in [-0.39, 0.29) is 34.2 Å². The molecule has 0 aromatic heterocycles. The molecule has 0 radical (unpaired) electrons. The number of hydrogen-bond acceptors (Lipinski definition) is 0. The van der Waals surface area contributed by atoms with Crippen molar-refractivity contribution < 1.29 is 24.8 Å². The van der Waals surface area contributed by atoms with Gasteiger partial charge in [-0.3, -0.25) is 0 Å². The summed E-state index contributed by atoms with van der Waals surface area (Å²) >= 11 is 0. The molecule has 1 aromatic rings. The molecular formula is C21H30FPPd. The molecule has 1 aromatic carbocycles. The summed E-state index contributed by atoms with van der Waals surface area (Å²) in [6, 6.07) is 6.99. The van der Waals surface area contributed by atoms with E-state index in [0.717, 1.165) is 17.7 Å². The molecule has 0 saturated heterocycles. The number of allylic oxidation sites excluding steroid dienone is 1. The normalized spacial score (nSPS) is 20.4. The third kappa shape index (κ3) is 6.05. The van der Waals surface area contributed by atoms with Gasteiger partial charge >= 0.3 is 0 Å². The standard InChI is InChI=1S/C21H30FP.Pd/c22-19-15-13-18(14-16-19)8-7-17-23(20-9-3-1-4-10-20)21-11-5-2-6-12-21;/h7,13-17,20-21H,1-6,8-12H2;. The molecular weight excluding hydrogens is 409 g/mol. The van der Waals surface area contributed by atoms with E-state index in [2.05, 4.69) is 11.9 Å². The Morgan fingerprint density at radius 1 is 0.833 bits per heavy atom. The molecule has 0 atom stereocenters. The predicted molar refractivity (Wildman–Crippen MR) is 99.9 cm³/mol. The molecule has 2 fully saturated rings. The molecule has 0 bridgehead atoms. The Morgan fingerprint density at radius 3 is 1.83 bits per heavy atom. The summed E-state index contributed by atoms with van der Waals surface area (Å²) in [4.78, 5) is 0. The van der Waals surface area contributed by atoms with Crippen molar-refractivity contribution in [1.82, 2.24) is 0 Å². The van der Waals surface area contributed by atoms with Gasteiger partial charge < -0.3 is 0 Å². The zero-order chi connectivity index (χ0) is 15.9. The Balaban J connectivity index is 0.00000208. The fraction of sp³-hybridized carbons (Fsp3) is 0.619. The van der Waals surface area contributed by atoms with Gasteiger partial charge in [-0.2, -0.15) is 0 Å². The second kappa shape index (κ2) is 10.9. The van der Waals surface area contributed by atoms with Crippen molar-refractivity contribution in [3.8, 4) is 0 Å². The topological polar surface area (TPSA) is 0 Å². The van der Waals surface area contributed by atoms with Crippen molar-refractivity contribution in [2.45, 2.75) is 81.9 Å². The van der Waals surface area contributed by atoms with E-state index in [4.69, 9.17) is 0 Å².